The van der Waals surface area contributed by atoms with Gasteiger partial charge in [-0.25, -0.2) is 4.79 Å². The molecule has 2 rings (SSSR count). The van der Waals surface area contributed by atoms with Crippen LogP contribution >= 0.6 is 0 Å². The van der Waals surface area contributed by atoms with Crippen molar-refractivity contribution in [1.82, 2.24) is 5.32 Å². The van der Waals surface area contributed by atoms with Crippen molar-refractivity contribution in [2.45, 2.75) is 32.7 Å². The number of carbonyl (C=O) groups excluding carboxylic acids is 1. The summed E-state index contributed by atoms with van der Waals surface area (Å²) in [6.45, 7) is 3.99. The van der Waals surface area contributed by atoms with Gasteiger partial charge in [0.1, 0.15) is 0 Å². The third kappa shape index (κ3) is 3.85. The summed E-state index contributed by atoms with van der Waals surface area (Å²) in [6, 6.07) is 12.2. The Morgan fingerprint density at radius 1 is 1.14 bits per heavy atom. The number of carboxylic acids is 1. The molecule has 2 atom stereocenters. The molecule has 0 saturated carbocycles. The van der Waals surface area contributed by atoms with E-state index in [1.54, 1.807) is 6.07 Å². The van der Waals surface area contributed by atoms with Crippen LogP contribution in [-0.4, -0.2) is 17.0 Å². The molecule has 2 aromatic rings. The normalized spacial score (nSPS) is 13.5. The molecule has 116 valence electrons. The van der Waals surface area contributed by atoms with Crippen molar-refractivity contribution in [1.29, 1.82) is 0 Å². The van der Waals surface area contributed by atoms with Crippen LogP contribution in [-0.2, 0) is 9.59 Å². The van der Waals surface area contributed by atoms with Gasteiger partial charge in [-0.15, -0.1) is 0 Å². The van der Waals surface area contributed by atoms with Crippen LogP contribution in [0.1, 0.15) is 38.3 Å². The van der Waals surface area contributed by atoms with Crippen molar-refractivity contribution < 1.29 is 14.7 Å². The largest absolute Gasteiger partial charge is 0.479 e. The smallest absolute Gasteiger partial charge is 0.330 e. The summed E-state index contributed by atoms with van der Waals surface area (Å²) in [4.78, 5) is 23.5. The van der Waals surface area contributed by atoms with Gasteiger partial charge in [0, 0.05) is 6.42 Å². The summed E-state index contributed by atoms with van der Waals surface area (Å²) in [5.74, 6) is -1.03. The second-order valence-corrected chi connectivity index (χ2v) is 5.66. The number of amides is 1. The standard InChI is InChI=1S/C18H21NO3/c1-3-12(2)10-16(20)19-17(18(21)22)15-9-8-13-6-4-5-7-14(13)11-15/h4-9,11-12,17H,3,10H2,1-2H3,(H,19,20)(H,21,22). The van der Waals surface area contributed by atoms with Gasteiger partial charge >= 0.3 is 5.97 Å². The predicted octanol–water partition coefficient (Wildman–Crippen LogP) is 3.52. The lowest BCUT2D eigenvalue weighted by molar-refractivity contribution is -0.142. The number of benzene rings is 2. The van der Waals surface area contributed by atoms with Gasteiger partial charge in [0.2, 0.25) is 5.91 Å². The predicted molar refractivity (Wildman–Crippen MR) is 86.5 cm³/mol. The zero-order chi connectivity index (χ0) is 16.1. The molecule has 0 aliphatic carbocycles. The highest BCUT2D eigenvalue weighted by atomic mass is 16.4. The fourth-order valence-electron chi connectivity index (χ4n) is 2.36. The summed E-state index contributed by atoms with van der Waals surface area (Å²) in [5.41, 5.74) is 0.587. The molecular weight excluding hydrogens is 278 g/mol. The highest BCUT2D eigenvalue weighted by Gasteiger charge is 2.22. The van der Waals surface area contributed by atoms with Gasteiger partial charge in [0.15, 0.2) is 6.04 Å². The Balaban J connectivity index is 2.22. The zero-order valence-corrected chi connectivity index (χ0v) is 12.9. The number of hydrogen-bond acceptors (Lipinski definition) is 2. The summed E-state index contributed by atoms with van der Waals surface area (Å²) >= 11 is 0. The van der Waals surface area contributed by atoms with Crippen molar-refractivity contribution in [3.8, 4) is 0 Å². The van der Waals surface area contributed by atoms with E-state index in [9.17, 15) is 14.7 Å². The summed E-state index contributed by atoms with van der Waals surface area (Å²) < 4.78 is 0. The number of carbonyl (C=O) groups is 2. The minimum absolute atomic E-state index is 0.227. The van der Waals surface area contributed by atoms with Gasteiger partial charge in [-0.1, -0.05) is 56.7 Å². The SMILES string of the molecule is CCC(C)CC(=O)NC(C(=O)O)c1ccc2ccccc2c1. The lowest BCUT2D eigenvalue weighted by atomic mass is 10.0. The molecule has 0 aromatic heterocycles. The Labute approximate surface area is 130 Å². The highest BCUT2D eigenvalue weighted by molar-refractivity contribution is 5.88. The fourth-order valence-corrected chi connectivity index (χ4v) is 2.36. The summed E-state index contributed by atoms with van der Waals surface area (Å²) in [6.07, 6.45) is 1.23. The van der Waals surface area contributed by atoms with Crippen molar-refractivity contribution >= 4 is 22.6 Å². The third-order valence-electron chi connectivity index (χ3n) is 3.89. The van der Waals surface area contributed by atoms with Crippen LogP contribution in [0.15, 0.2) is 42.5 Å². The van der Waals surface area contributed by atoms with Crippen molar-refractivity contribution in [2.75, 3.05) is 0 Å². The van der Waals surface area contributed by atoms with Gasteiger partial charge in [-0.2, -0.15) is 0 Å². The van der Waals surface area contributed by atoms with Crippen LogP contribution in [0.5, 0.6) is 0 Å². The zero-order valence-electron chi connectivity index (χ0n) is 12.9. The molecule has 0 aliphatic heterocycles. The molecule has 0 spiro atoms. The Morgan fingerprint density at radius 2 is 1.82 bits per heavy atom. The van der Waals surface area contributed by atoms with E-state index < -0.39 is 12.0 Å². The van der Waals surface area contributed by atoms with Crippen molar-refractivity contribution in [2.24, 2.45) is 5.92 Å². The van der Waals surface area contributed by atoms with Crippen LogP contribution in [0.25, 0.3) is 10.8 Å². The van der Waals surface area contributed by atoms with Gasteiger partial charge in [0.05, 0.1) is 0 Å². The number of carboxylic acid groups (broad SMARTS) is 1. The van der Waals surface area contributed by atoms with Crippen LogP contribution in [0, 0.1) is 5.92 Å². The molecule has 22 heavy (non-hydrogen) atoms. The maximum absolute atomic E-state index is 12.0. The minimum atomic E-state index is -1.05. The molecule has 0 bridgehead atoms. The van der Waals surface area contributed by atoms with Crippen LogP contribution < -0.4 is 5.32 Å². The average molecular weight is 299 g/mol. The molecule has 2 aromatic carbocycles. The van der Waals surface area contributed by atoms with Crippen LogP contribution in [0.3, 0.4) is 0 Å². The van der Waals surface area contributed by atoms with Crippen molar-refractivity contribution in [3.05, 3.63) is 48.0 Å². The van der Waals surface area contributed by atoms with Crippen LogP contribution in [0.4, 0.5) is 0 Å². The Bertz CT molecular complexity index is 681. The van der Waals surface area contributed by atoms with Gasteiger partial charge in [-0.3, -0.25) is 4.79 Å². The highest BCUT2D eigenvalue weighted by Crippen LogP contribution is 2.21. The first-order valence-corrected chi connectivity index (χ1v) is 7.52. The lowest BCUT2D eigenvalue weighted by Gasteiger charge is -2.17. The quantitative estimate of drug-likeness (QED) is 0.857. The molecule has 0 radical (unpaired) electrons. The molecule has 0 aliphatic rings. The Hall–Kier alpha value is -2.36. The number of nitrogens with one attached hydrogen (secondary N) is 1. The van der Waals surface area contributed by atoms with Crippen molar-refractivity contribution in [3.63, 3.8) is 0 Å². The molecule has 0 fully saturated rings. The molecular formula is C18H21NO3. The fraction of sp³-hybridized carbons (Fsp3) is 0.333. The van der Waals surface area contributed by atoms with E-state index in [1.807, 2.05) is 50.2 Å². The van der Waals surface area contributed by atoms with Gasteiger partial charge in [0.25, 0.3) is 0 Å². The van der Waals surface area contributed by atoms with E-state index in [4.69, 9.17) is 0 Å². The Kier molecular flexibility index (Phi) is 5.15. The first-order valence-electron chi connectivity index (χ1n) is 7.52. The third-order valence-corrected chi connectivity index (χ3v) is 3.89. The van der Waals surface area contributed by atoms with E-state index in [2.05, 4.69) is 5.32 Å². The average Bonchev–Trinajstić information content (AvgIpc) is 2.51. The maximum atomic E-state index is 12.0. The first kappa shape index (κ1) is 16.0. The molecule has 0 heterocycles. The van der Waals surface area contributed by atoms with Crippen LogP contribution in [0.2, 0.25) is 0 Å². The number of rotatable bonds is 6. The molecule has 1 amide bonds. The molecule has 2 unspecified atom stereocenters. The van der Waals surface area contributed by atoms with E-state index in [0.717, 1.165) is 17.2 Å². The molecule has 4 nitrogen and oxygen atoms in total. The number of hydrogen-bond donors (Lipinski definition) is 2. The number of fused-ring (bicyclic) bond motifs is 1. The first-order chi connectivity index (χ1) is 10.5. The van der Waals surface area contributed by atoms with E-state index in [0.29, 0.717) is 12.0 Å². The molecule has 4 heteroatoms. The van der Waals surface area contributed by atoms with E-state index >= 15 is 0 Å². The van der Waals surface area contributed by atoms with E-state index in [-0.39, 0.29) is 11.8 Å². The summed E-state index contributed by atoms with van der Waals surface area (Å²) in [7, 11) is 0. The summed E-state index contributed by atoms with van der Waals surface area (Å²) in [5, 5.41) is 14.1. The van der Waals surface area contributed by atoms with Gasteiger partial charge < -0.3 is 10.4 Å². The second kappa shape index (κ2) is 7.07. The minimum Gasteiger partial charge on any atom is -0.479 e. The monoisotopic (exact) mass is 299 g/mol. The molecule has 0 saturated heterocycles. The Morgan fingerprint density at radius 3 is 2.45 bits per heavy atom. The lowest BCUT2D eigenvalue weighted by Crippen LogP contribution is -2.34. The number of aliphatic carboxylic acids is 1. The second-order valence-electron chi connectivity index (χ2n) is 5.66. The molecule has 2 N–H and O–H groups in total. The topological polar surface area (TPSA) is 66.4 Å². The van der Waals surface area contributed by atoms with Gasteiger partial charge in [-0.05, 0) is 28.3 Å². The maximum Gasteiger partial charge on any atom is 0.330 e. The van der Waals surface area contributed by atoms with E-state index in [1.165, 1.54) is 0 Å².